The van der Waals surface area contributed by atoms with Crippen molar-refractivity contribution in [2.45, 2.75) is 50.5 Å². The van der Waals surface area contributed by atoms with Gasteiger partial charge in [-0.3, -0.25) is 9.89 Å². The second kappa shape index (κ2) is 7.80. The number of nitrogens with two attached hydrogens (primary N) is 1. The van der Waals surface area contributed by atoms with Crippen molar-refractivity contribution in [3.63, 3.8) is 0 Å². The van der Waals surface area contributed by atoms with E-state index in [1.807, 2.05) is 11.0 Å². The fraction of sp³-hybridized carbons (Fsp3) is 0.524. The average Bonchev–Trinajstić information content (AvgIpc) is 3.17. The van der Waals surface area contributed by atoms with Crippen LogP contribution in [0.2, 0.25) is 0 Å². The molecule has 1 amide bonds. The molecule has 0 bridgehead atoms. The van der Waals surface area contributed by atoms with Crippen molar-refractivity contribution < 1.29 is 9.18 Å². The molecule has 2 aromatic rings. The van der Waals surface area contributed by atoms with Gasteiger partial charge in [-0.25, -0.2) is 4.39 Å². The number of hydrogen-bond donors (Lipinski definition) is 2. The van der Waals surface area contributed by atoms with Gasteiger partial charge in [-0.2, -0.15) is 5.10 Å². The number of benzene rings is 1. The number of aromatic nitrogens is 2. The maximum absolute atomic E-state index is 13.6. The lowest BCUT2D eigenvalue weighted by Gasteiger charge is -2.36. The van der Waals surface area contributed by atoms with Gasteiger partial charge in [-0.1, -0.05) is 18.6 Å². The minimum absolute atomic E-state index is 0.0975. The molecular formula is C21H27FN4O. The largest absolute Gasteiger partial charge is 0.342 e. The molecule has 1 saturated heterocycles. The first-order valence-corrected chi connectivity index (χ1v) is 9.95. The SMILES string of the molecule is N[C@H]1CCC[C@@H](C(=O)N2CCC(c3[nH]ncc3-c3cccc(F)c3)CC2)C1. The second-order valence-corrected chi connectivity index (χ2v) is 7.93. The van der Waals surface area contributed by atoms with E-state index in [4.69, 9.17) is 5.73 Å². The molecule has 3 N–H and O–H groups in total. The maximum atomic E-state index is 13.6. The highest BCUT2D eigenvalue weighted by molar-refractivity contribution is 5.79. The van der Waals surface area contributed by atoms with Gasteiger partial charge in [0.2, 0.25) is 5.91 Å². The number of aromatic amines is 1. The van der Waals surface area contributed by atoms with Gasteiger partial charge in [-0.05, 0) is 49.8 Å². The number of nitrogens with zero attached hydrogens (tertiary/aromatic N) is 2. The molecule has 1 saturated carbocycles. The number of carbonyl (C=O) groups is 1. The highest BCUT2D eigenvalue weighted by Crippen LogP contribution is 2.35. The predicted molar refractivity (Wildman–Crippen MR) is 102 cm³/mol. The molecular weight excluding hydrogens is 343 g/mol. The van der Waals surface area contributed by atoms with Gasteiger partial charge in [0.1, 0.15) is 5.82 Å². The lowest BCUT2D eigenvalue weighted by Crippen LogP contribution is -2.44. The summed E-state index contributed by atoms with van der Waals surface area (Å²) < 4.78 is 13.6. The van der Waals surface area contributed by atoms with Crippen LogP contribution in [0.5, 0.6) is 0 Å². The quantitative estimate of drug-likeness (QED) is 0.869. The summed E-state index contributed by atoms with van der Waals surface area (Å²) in [6, 6.07) is 6.79. The van der Waals surface area contributed by atoms with Crippen molar-refractivity contribution in [3.05, 3.63) is 42.0 Å². The van der Waals surface area contributed by atoms with Gasteiger partial charge >= 0.3 is 0 Å². The van der Waals surface area contributed by atoms with Crippen LogP contribution in [0.3, 0.4) is 0 Å². The summed E-state index contributed by atoms with van der Waals surface area (Å²) in [6.07, 6.45) is 7.45. The summed E-state index contributed by atoms with van der Waals surface area (Å²) in [6.45, 7) is 1.52. The Bertz CT molecular complexity index is 797. The van der Waals surface area contributed by atoms with E-state index in [0.717, 1.165) is 68.4 Å². The molecule has 0 spiro atoms. The van der Waals surface area contributed by atoms with Crippen molar-refractivity contribution >= 4 is 5.91 Å². The molecule has 2 fully saturated rings. The molecule has 5 nitrogen and oxygen atoms in total. The van der Waals surface area contributed by atoms with Crippen molar-refractivity contribution in [3.8, 4) is 11.1 Å². The van der Waals surface area contributed by atoms with E-state index in [9.17, 15) is 9.18 Å². The van der Waals surface area contributed by atoms with Crippen LogP contribution in [0.15, 0.2) is 30.5 Å². The molecule has 1 aromatic carbocycles. The summed E-state index contributed by atoms with van der Waals surface area (Å²) in [5, 5.41) is 7.31. The van der Waals surface area contributed by atoms with E-state index in [1.54, 1.807) is 18.3 Å². The zero-order valence-corrected chi connectivity index (χ0v) is 15.5. The van der Waals surface area contributed by atoms with E-state index >= 15 is 0 Å². The molecule has 2 aliphatic rings. The van der Waals surface area contributed by atoms with Gasteiger partial charge in [-0.15, -0.1) is 0 Å². The van der Waals surface area contributed by atoms with E-state index < -0.39 is 0 Å². The third-order valence-electron chi connectivity index (χ3n) is 6.08. The van der Waals surface area contributed by atoms with E-state index in [-0.39, 0.29) is 23.7 Å². The van der Waals surface area contributed by atoms with Crippen LogP contribution in [0.1, 0.15) is 50.1 Å². The first kappa shape index (κ1) is 18.2. The molecule has 1 aliphatic carbocycles. The van der Waals surface area contributed by atoms with Crippen LogP contribution in [0, 0.1) is 11.7 Å². The van der Waals surface area contributed by atoms with Gasteiger partial charge < -0.3 is 10.6 Å². The Morgan fingerprint density at radius 1 is 1.22 bits per heavy atom. The molecule has 1 aromatic heterocycles. The smallest absolute Gasteiger partial charge is 0.225 e. The Labute approximate surface area is 159 Å². The molecule has 0 unspecified atom stereocenters. The Morgan fingerprint density at radius 2 is 2.04 bits per heavy atom. The Morgan fingerprint density at radius 3 is 2.78 bits per heavy atom. The Hall–Kier alpha value is -2.21. The van der Waals surface area contributed by atoms with Crippen LogP contribution >= 0.6 is 0 Å². The van der Waals surface area contributed by atoms with Crippen LogP contribution in [-0.4, -0.2) is 40.1 Å². The van der Waals surface area contributed by atoms with Crippen LogP contribution in [0.25, 0.3) is 11.1 Å². The van der Waals surface area contributed by atoms with Crippen LogP contribution in [-0.2, 0) is 4.79 Å². The number of H-pyrrole nitrogens is 1. The number of likely N-dealkylation sites (tertiary alicyclic amines) is 1. The average molecular weight is 370 g/mol. The molecule has 1 aliphatic heterocycles. The summed E-state index contributed by atoms with van der Waals surface area (Å²) >= 11 is 0. The number of carbonyl (C=O) groups excluding carboxylic acids is 1. The van der Waals surface area contributed by atoms with Crippen molar-refractivity contribution in [2.75, 3.05) is 13.1 Å². The minimum Gasteiger partial charge on any atom is -0.342 e. The minimum atomic E-state index is -0.245. The van der Waals surface area contributed by atoms with Gasteiger partial charge in [0.15, 0.2) is 0 Å². The monoisotopic (exact) mass is 370 g/mol. The fourth-order valence-electron chi connectivity index (χ4n) is 4.59. The number of hydrogen-bond acceptors (Lipinski definition) is 3. The second-order valence-electron chi connectivity index (χ2n) is 7.93. The lowest BCUT2D eigenvalue weighted by molar-refractivity contribution is -0.137. The third kappa shape index (κ3) is 3.90. The zero-order chi connectivity index (χ0) is 18.8. The van der Waals surface area contributed by atoms with Crippen molar-refractivity contribution in [1.29, 1.82) is 0 Å². The van der Waals surface area contributed by atoms with Gasteiger partial charge in [0.25, 0.3) is 0 Å². The number of piperidine rings is 1. The van der Waals surface area contributed by atoms with Crippen molar-refractivity contribution in [2.24, 2.45) is 11.7 Å². The first-order chi connectivity index (χ1) is 13.1. The zero-order valence-electron chi connectivity index (χ0n) is 15.5. The molecule has 6 heteroatoms. The van der Waals surface area contributed by atoms with E-state index in [0.29, 0.717) is 5.92 Å². The van der Waals surface area contributed by atoms with Crippen molar-refractivity contribution in [1.82, 2.24) is 15.1 Å². The molecule has 2 atom stereocenters. The van der Waals surface area contributed by atoms with Crippen LogP contribution in [0.4, 0.5) is 4.39 Å². The van der Waals surface area contributed by atoms with Gasteiger partial charge in [0.05, 0.1) is 6.20 Å². The number of amides is 1. The highest BCUT2D eigenvalue weighted by Gasteiger charge is 2.32. The van der Waals surface area contributed by atoms with Gasteiger partial charge in [0, 0.05) is 42.2 Å². The molecule has 2 heterocycles. The Balaban J connectivity index is 1.42. The standard InChI is InChI=1S/C21H27FN4O/c22-17-5-1-3-15(11-17)19-13-24-25-20(19)14-7-9-26(10-8-14)21(27)16-4-2-6-18(23)12-16/h1,3,5,11,13-14,16,18H,2,4,6-10,12,23H2,(H,24,25)/t16-,18+/m1/s1. The third-order valence-corrected chi connectivity index (χ3v) is 6.08. The predicted octanol–water partition coefficient (Wildman–Crippen LogP) is 3.44. The summed E-state index contributed by atoms with van der Waals surface area (Å²) in [7, 11) is 0. The summed E-state index contributed by atoms with van der Waals surface area (Å²) in [5.41, 5.74) is 8.90. The normalized spacial score (nSPS) is 24.1. The lowest BCUT2D eigenvalue weighted by atomic mass is 9.84. The molecule has 144 valence electrons. The van der Waals surface area contributed by atoms with E-state index in [1.165, 1.54) is 6.07 Å². The topological polar surface area (TPSA) is 75.0 Å². The highest BCUT2D eigenvalue weighted by atomic mass is 19.1. The summed E-state index contributed by atoms with van der Waals surface area (Å²) in [5.74, 6) is 0.438. The molecule has 0 radical (unpaired) electrons. The molecule has 27 heavy (non-hydrogen) atoms. The first-order valence-electron chi connectivity index (χ1n) is 9.95. The molecule has 4 rings (SSSR count). The van der Waals surface area contributed by atoms with Crippen LogP contribution < -0.4 is 5.73 Å². The van der Waals surface area contributed by atoms with E-state index in [2.05, 4.69) is 10.2 Å². The fourth-order valence-corrected chi connectivity index (χ4v) is 4.59. The number of halogens is 1. The summed E-state index contributed by atoms with van der Waals surface area (Å²) in [4.78, 5) is 14.8. The Kier molecular flexibility index (Phi) is 5.25. The maximum Gasteiger partial charge on any atom is 0.225 e. The number of rotatable bonds is 3. The number of nitrogens with one attached hydrogen (secondary N) is 1.